The van der Waals surface area contributed by atoms with Gasteiger partial charge in [-0.2, -0.15) is 0 Å². The molecule has 0 bridgehead atoms. The summed E-state index contributed by atoms with van der Waals surface area (Å²) in [5.74, 6) is -0.109. The maximum absolute atomic E-state index is 13.1. The summed E-state index contributed by atoms with van der Waals surface area (Å²) in [4.78, 5) is 11.5. The first-order valence-corrected chi connectivity index (χ1v) is 5.63. The fourth-order valence-electron chi connectivity index (χ4n) is 1.36. The SMILES string of the molecule is Cc1cc(F)c(Br)cc1NC(=O)C1CC1. The molecule has 0 radical (unpaired) electrons. The highest BCUT2D eigenvalue weighted by atomic mass is 79.9. The molecule has 2 rings (SSSR count). The Kier molecular flexibility index (Phi) is 2.78. The van der Waals surface area contributed by atoms with Crippen molar-refractivity contribution in [2.24, 2.45) is 5.92 Å². The van der Waals surface area contributed by atoms with Crippen LogP contribution in [-0.4, -0.2) is 5.91 Å². The minimum absolute atomic E-state index is 0.0385. The Hall–Kier alpha value is -0.900. The zero-order valence-corrected chi connectivity index (χ0v) is 9.90. The highest BCUT2D eigenvalue weighted by Crippen LogP contribution is 2.31. The number of anilines is 1. The predicted octanol–water partition coefficient (Wildman–Crippen LogP) is 3.25. The summed E-state index contributed by atoms with van der Waals surface area (Å²) >= 11 is 3.10. The van der Waals surface area contributed by atoms with Gasteiger partial charge in [-0.1, -0.05) is 0 Å². The van der Waals surface area contributed by atoms with Crippen LogP contribution in [0, 0.1) is 18.7 Å². The molecule has 0 saturated heterocycles. The second-order valence-corrected chi connectivity index (χ2v) is 4.70. The highest BCUT2D eigenvalue weighted by molar-refractivity contribution is 9.10. The van der Waals surface area contributed by atoms with Gasteiger partial charge in [-0.3, -0.25) is 4.79 Å². The van der Waals surface area contributed by atoms with Crippen LogP contribution in [0.2, 0.25) is 0 Å². The molecule has 15 heavy (non-hydrogen) atoms. The van der Waals surface area contributed by atoms with Crippen molar-refractivity contribution in [3.05, 3.63) is 28.0 Å². The molecule has 0 aliphatic heterocycles. The number of hydrogen-bond acceptors (Lipinski definition) is 1. The van der Waals surface area contributed by atoms with E-state index in [1.807, 2.05) is 0 Å². The summed E-state index contributed by atoms with van der Waals surface area (Å²) in [7, 11) is 0. The van der Waals surface area contributed by atoms with Gasteiger partial charge in [-0.25, -0.2) is 4.39 Å². The molecule has 2 nitrogen and oxygen atoms in total. The van der Waals surface area contributed by atoms with Crippen molar-refractivity contribution in [1.82, 2.24) is 0 Å². The highest BCUT2D eigenvalue weighted by Gasteiger charge is 2.29. The van der Waals surface area contributed by atoms with Gasteiger partial charge in [0.2, 0.25) is 5.91 Å². The van der Waals surface area contributed by atoms with Crippen LogP contribution in [0.4, 0.5) is 10.1 Å². The first-order chi connectivity index (χ1) is 7.08. The minimum Gasteiger partial charge on any atom is -0.326 e. The summed E-state index contributed by atoms with van der Waals surface area (Å²) in [5.41, 5.74) is 1.42. The Labute approximate surface area is 96.0 Å². The van der Waals surface area contributed by atoms with Gasteiger partial charge in [-0.05, 0) is 53.4 Å². The van der Waals surface area contributed by atoms with E-state index in [9.17, 15) is 9.18 Å². The molecule has 4 heteroatoms. The van der Waals surface area contributed by atoms with E-state index in [1.165, 1.54) is 6.07 Å². The van der Waals surface area contributed by atoms with Crippen molar-refractivity contribution < 1.29 is 9.18 Å². The van der Waals surface area contributed by atoms with E-state index in [4.69, 9.17) is 0 Å². The number of nitrogens with one attached hydrogen (secondary N) is 1. The molecule has 0 unspecified atom stereocenters. The molecule has 80 valence electrons. The fraction of sp³-hybridized carbons (Fsp3) is 0.364. The number of amides is 1. The van der Waals surface area contributed by atoms with E-state index in [-0.39, 0.29) is 17.6 Å². The van der Waals surface area contributed by atoms with Crippen LogP contribution in [0.1, 0.15) is 18.4 Å². The Bertz CT molecular complexity index is 415. The van der Waals surface area contributed by atoms with Crippen molar-refractivity contribution in [1.29, 1.82) is 0 Å². The molecule has 1 aliphatic carbocycles. The molecule has 0 spiro atoms. The van der Waals surface area contributed by atoms with Gasteiger partial charge in [0.1, 0.15) is 5.82 Å². The third-order valence-electron chi connectivity index (χ3n) is 2.47. The Morgan fingerprint density at radius 1 is 1.53 bits per heavy atom. The second kappa shape index (κ2) is 3.93. The lowest BCUT2D eigenvalue weighted by Crippen LogP contribution is -2.14. The van der Waals surface area contributed by atoms with E-state index in [2.05, 4.69) is 21.2 Å². The third kappa shape index (κ3) is 2.37. The zero-order valence-electron chi connectivity index (χ0n) is 8.31. The largest absolute Gasteiger partial charge is 0.326 e. The van der Waals surface area contributed by atoms with E-state index >= 15 is 0 Å². The normalized spacial score (nSPS) is 15.1. The number of aryl methyl sites for hydroxylation is 1. The van der Waals surface area contributed by atoms with E-state index in [1.54, 1.807) is 13.0 Å². The molecule has 1 fully saturated rings. The maximum Gasteiger partial charge on any atom is 0.227 e. The fourth-order valence-corrected chi connectivity index (χ4v) is 1.70. The average Bonchev–Trinajstić information content (AvgIpc) is 2.97. The second-order valence-electron chi connectivity index (χ2n) is 3.84. The molecule has 1 amide bonds. The van der Waals surface area contributed by atoms with Crippen molar-refractivity contribution in [3.8, 4) is 0 Å². The summed E-state index contributed by atoms with van der Waals surface area (Å²) in [6, 6.07) is 3.01. The topological polar surface area (TPSA) is 29.1 Å². The molecule has 0 aromatic heterocycles. The van der Waals surface area contributed by atoms with Crippen molar-refractivity contribution in [2.75, 3.05) is 5.32 Å². The van der Waals surface area contributed by atoms with Gasteiger partial charge in [-0.15, -0.1) is 0 Å². The third-order valence-corrected chi connectivity index (χ3v) is 3.08. The lowest BCUT2D eigenvalue weighted by Gasteiger charge is -2.08. The summed E-state index contributed by atoms with van der Waals surface area (Å²) in [6.07, 6.45) is 1.93. The molecule has 0 atom stereocenters. The summed E-state index contributed by atoms with van der Waals surface area (Å²) in [6.45, 7) is 1.78. The van der Waals surface area contributed by atoms with Gasteiger partial charge >= 0.3 is 0 Å². The minimum atomic E-state index is -0.308. The number of hydrogen-bond donors (Lipinski definition) is 1. The Balaban J connectivity index is 2.20. The van der Waals surface area contributed by atoms with Gasteiger partial charge in [0.15, 0.2) is 0 Å². The molecule has 1 aromatic rings. The van der Waals surface area contributed by atoms with Crippen molar-refractivity contribution in [2.45, 2.75) is 19.8 Å². The van der Waals surface area contributed by atoms with E-state index in [0.29, 0.717) is 10.2 Å². The quantitative estimate of drug-likeness (QED) is 0.879. The van der Waals surface area contributed by atoms with Crippen LogP contribution in [0.25, 0.3) is 0 Å². The molecule has 1 N–H and O–H groups in total. The van der Waals surface area contributed by atoms with Crippen LogP contribution in [0.5, 0.6) is 0 Å². The standard InChI is InChI=1S/C11H11BrFNO/c1-6-4-9(13)8(12)5-10(6)14-11(15)7-2-3-7/h4-5,7H,2-3H2,1H3,(H,14,15). The van der Waals surface area contributed by atoms with Crippen LogP contribution in [0.3, 0.4) is 0 Å². The summed E-state index contributed by atoms with van der Waals surface area (Å²) < 4.78 is 13.5. The predicted molar refractivity (Wildman–Crippen MR) is 60.2 cm³/mol. The van der Waals surface area contributed by atoms with Gasteiger partial charge in [0, 0.05) is 11.6 Å². The Morgan fingerprint density at radius 3 is 2.80 bits per heavy atom. The van der Waals surface area contributed by atoms with Crippen molar-refractivity contribution >= 4 is 27.5 Å². The van der Waals surface area contributed by atoms with Crippen LogP contribution in [0.15, 0.2) is 16.6 Å². The van der Waals surface area contributed by atoms with Crippen LogP contribution >= 0.6 is 15.9 Å². The molecule has 1 saturated carbocycles. The maximum atomic E-state index is 13.1. The average molecular weight is 272 g/mol. The van der Waals surface area contributed by atoms with Crippen LogP contribution in [-0.2, 0) is 4.79 Å². The molecular weight excluding hydrogens is 261 g/mol. The van der Waals surface area contributed by atoms with Gasteiger partial charge in [0.05, 0.1) is 4.47 Å². The zero-order chi connectivity index (χ0) is 11.0. The first kappa shape index (κ1) is 10.6. The lowest BCUT2D eigenvalue weighted by atomic mass is 10.2. The number of halogens is 2. The summed E-state index contributed by atoms with van der Waals surface area (Å²) in [5, 5.41) is 2.80. The Morgan fingerprint density at radius 2 is 2.20 bits per heavy atom. The lowest BCUT2D eigenvalue weighted by molar-refractivity contribution is -0.117. The number of benzene rings is 1. The number of carbonyl (C=O) groups excluding carboxylic acids is 1. The molecular formula is C11H11BrFNO. The van der Waals surface area contributed by atoms with E-state index in [0.717, 1.165) is 18.4 Å². The van der Waals surface area contributed by atoms with Crippen molar-refractivity contribution in [3.63, 3.8) is 0 Å². The first-order valence-electron chi connectivity index (χ1n) is 4.84. The smallest absolute Gasteiger partial charge is 0.227 e. The number of carbonyl (C=O) groups is 1. The van der Waals surface area contributed by atoms with E-state index < -0.39 is 0 Å². The van der Waals surface area contributed by atoms with Crippen LogP contribution < -0.4 is 5.32 Å². The molecule has 1 aliphatic rings. The molecule has 0 heterocycles. The number of rotatable bonds is 2. The van der Waals surface area contributed by atoms with Gasteiger partial charge in [0.25, 0.3) is 0 Å². The molecule has 1 aromatic carbocycles. The van der Waals surface area contributed by atoms with Gasteiger partial charge < -0.3 is 5.32 Å². The monoisotopic (exact) mass is 271 g/mol.